The number of hydrogen-bond donors (Lipinski definition) is 1. The summed E-state index contributed by atoms with van der Waals surface area (Å²) < 4.78 is 5.22. The number of methoxy groups -OCH3 is 1. The van der Waals surface area contributed by atoms with Gasteiger partial charge in [-0.1, -0.05) is 12.1 Å². The Kier molecular flexibility index (Phi) is 4.64. The smallest absolute Gasteiger partial charge is 0.228 e. The summed E-state index contributed by atoms with van der Waals surface area (Å²) in [5, 5.41) is 3.31. The normalized spacial score (nSPS) is 22.3. The van der Waals surface area contributed by atoms with Gasteiger partial charge in [0.15, 0.2) is 0 Å². The van der Waals surface area contributed by atoms with Gasteiger partial charge in [0.1, 0.15) is 5.75 Å². The molecule has 0 saturated carbocycles. The fourth-order valence-electron chi connectivity index (χ4n) is 4.21. The Morgan fingerprint density at radius 2 is 1.85 bits per heavy atom. The van der Waals surface area contributed by atoms with Gasteiger partial charge in [0.25, 0.3) is 0 Å². The van der Waals surface area contributed by atoms with Gasteiger partial charge in [-0.25, -0.2) is 0 Å². The number of nitrogens with one attached hydrogen (secondary N) is 1. The fraction of sp³-hybridized carbons (Fsp3) is 0.429. The molecule has 2 aliphatic heterocycles. The second-order valence-electron chi connectivity index (χ2n) is 7.43. The van der Waals surface area contributed by atoms with Gasteiger partial charge in [-0.3, -0.25) is 14.7 Å². The predicted molar refractivity (Wildman–Crippen MR) is 100.0 cm³/mol. The zero-order chi connectivity index (χ0) is 18.0. The average molecular weight is 351 g/mol. The summed E-state index contributed by atoms with van der Waals surface area (Å²) in [7, 11) is 1.69. The molecule has 0 aliphatic carbocycles. The van der Waals surface area contributed by atoms with Crippen molar-refractivity contribution >= 4 is 5.91 Å². The van der Waals surface area contributed by atoms with E-state index in [2.05, 4.69) is 27.3 Å². The van der Waals surface area contributed by atoms with E-state index in [1.807, 2.05) is 24.3 Å². The molecule has 0 radical (unpaired) electrons. The number of nitrogens with zero attached hydrogens (tertiary/aromatic N) is 2. The van der Waals surface area contributed by atoms with Gasteiger partial charge in [-0.05, 0) is 54.7 Å². The van der Waals surface area contributed by atoms with E-state index in [0.29, 0.717) is 0 Å². The number of pyridine rings is 1. The van der Waals surface area contributed by atoms with Gasteiger partial charge in [-0.2, -0.15) is 0 Å². The van der Waals surface area contributed by atoms with E-state index in [1.54, 1.807) is 19.5 Å². The number of ether oxygens (including phenoxy) is 1. The maximum absolute atomic E-state index is 12.5. The molecule has 1 amide bonds. The Morgan fingerprint density at radius 1 is 1.15 bits per heavy atom. The molecule has 136 valence electrons. The van der Waals surface area contributed by atoms with Crippen molar-refractivity contribution in [3.8, 4) is 5.75 Å². The topological polar surface area (TPSA) is 54.5 Å². The summed E-state index contributed by atoms with van der Waals surface area (Å²) in [6, 6.07) is 12.2. The number of benzene rings is 1. The highest BCUT2D eigenvalue weighted by Gasteiger charge is 2.46. The van der Waals surface area contributed by atoms with Crippen LogP contribution in [0.25, 0.3) is 0 Å². The first-order valence-electron chi connectivity index (χ1n) is 9.25. The summed E-state index contributed by atoms with van der Waals surface area (Å²) in [6.07, 6.45) is 6.45. The van der Waals surface area contributed by atoms with Gasteiger partial charge in [0.05, 0.1) is 13.0 Å². The van der Waals surface area contributed by atoms with Gasteiger partial charge in [-0.15, -0.1) is 0 Å². The molecule has 5 heteroatoms. The SMILES string of the molecule is COc1ccc(CN2CCC3(CC2)CC(c2ccncc2)C(=O)N3)cc1. The fourth-order valence-corrected chi connectivity index (χ4v) is 4.21. The molecule has 1 spiro atoms. The van der Waals surface area contributed by atoms with Gasteiger partial charge >= 0.3 is 0 Å². The van der Waals surface area contributed by atoms with Crippen molar-refractivity contribution in [3.05, 3.63) is 59.9 Å². The van der Waals surface area contributed by atoms with E-state index in [1.165, 1.54) is 5.56 Å². The number of hydrogen-bond acceptors (Lipinski definition) is 4. The zero-order valence-electron chi connectivity index (χ0n) is 15.1. The van der Waals surface area contributed by atoms with E-state index in [9.17, 15) is 4.79 Å². The lowest BCUT2D eigenvalue weighted by molar-refractivity contribution is -0.121. The molecule has 1 N–H and O–H groups in total. The number of piperidine rings is 1. The molecule has 2 aromatic rings. The van der Waals surface area contributed by atoms with Crippen molar-refractivity contribution in [2.75, 3.05) is 20.2 Å². The van der Waals surface area contributed by atoms with Crippen molar-refractivity contribution in [1.82, 2.24) is 15.2 Å². The maximum atomic E-state index is 12.5. The average Bonchev–Trinajstić information content (AvgIpc) is 3.01. The van der Waals surface area contributed by atoms with Crippen LogP contribution in [-0.2, 0) is 11.3 Å². The van der Waals surface area contributed by atoms with E-state index in [4.69, 9.17) is 4.74 Å². The molecule has 26 heavy (non-hydrogen) atoms. The number of amides is 1. The lowest BCUT2D eigenvalue weighted by Crippen LogP contribution is -2.50. The summed E-state index contributed by atoms with van der Waals surface area (Å²) in [4.78, 5) is 19.1. The summed E-state index contributed by atoms with van der Waals surface area (Å²) in [5.41, 5.74) is 2.34. The highest BCUT2D eigenvalue weighted by Crippen LogP contribution is 2.39. The van der Waals surface area contributed by atoms with Crippen molar-refractivity contribution in [2.24, 2.45) is 0 Å². The molecule has 4 rings (SSSR count). The van der Waals surface area contributed by atoms with Crippen molar-refractivity contribution < 1.29 is 9.53 Å². The molecule has 1 atom stereocenters. The monoisotopic (exact) mass is 351 g/mol. The second-order valence-corrected chi connectivity index (χ2v) is 7.43. The molecule has 1 aromatic carbocycles. The lowest BCUT2D eigenvalue weighted by Gasteiger charge is -2.39. The minimum absolute atomic E-state index is 0.0360. The van der Waals surface area contributed by atoms with Crippen LogP contribution in [0, 0.1) is 0 Å². The second kappa shape index (κ2) is 7.08. The maximum Gasteiger partial charge on any atom is 0.228 e. The third-order valence-electron chi connectivity index (χ3n) is 5.79. The van der Waals surface area contributed by atoms with E-state index >= 15 is 0 Å². The Balaban J connectivity index is 1.36. The van der Waals surface area contributed by atoms with Crippen LogP contribution in [0.2, 0.25) is 0 Å². The lowest BCUT2D eigenvalue weighted by atomic mass is 9.82. The molecule has 2 aliphatic rings. The molecule has 0 bridgehead atoms. The number of likely N-dealkylation sites (tertiary alicyclic amines) is 1. The van der Waals surface area contributed by atoms with E-state index in [-0.39, 0.29) is 17.4 Å². The highest BCUT2D eigenvalue weighted by molar-refractivity contribution is 5.87. The minimum Gasteiger partial charge on any atom is -0.497 e. The summed E-state index contributed by atoms with van der Waals surface area (Å²) >= 11 is 0. The molecule has 5 nitrogen and oxygen atoms in total. The standard InChI is InChI=1S/C21H25N3O2/c1-26-18-4-2-16(3-5-18)15-24-12-8-21(9-13-24)14-19(20(25)23-21)17-6-10-22-11-7-17/h2-7,10-11,19H,8-9,12-15H2,1H3,(H,23,25). The van der Waals surface area contributed by atoms with Crippen LogP contribution >= 0.6 is 0 Å². The Bertz CT molecular complexity index is 753. The van der Waals surface area contributed by atoms with Crippen LogP contribution in [0.1, 0.15) is 36.3 Å². The highest BCUT2D eigenvalue weighted by atomic mass is 16.5. The van der Waals surface area contributed by atoms with Crippen LogP contribution in [0.4, 0.5) is 0 Å². The van der Waals surface area contributed by atoms with Crippen molar-refractivity contribution in [1.29, 1.82) is 0 Å². The zero-order valence-corrected chi connectivity index (χ0v) is 15.1. The van der Waals surface area contributed by atoms with Crippen LogP contribution in [0.15, 0.2) is 48.8 Å². The molecule has 3 heterocycles. The Morgan fingerprint density at radius 3 is 2.50 bits per heavy atom. The van der Waals surface area contributed by atoms with Gasteiger partial charge in [0, 0.05) is 37.6 Å². The van der Waals surface area contributed by atoms with Gasteiger partial charge in [0.2, 0.25) is 5.91 Å². The molecule has 1 aromatic heterocycles. The largest absolute Gasteiger partial charge is 0.497 e. The summed E-state index contributed by atoms with van der Waals surface area (Å²) in [6.45, 7) is 2.96. The number of rotatable bonds is 4. The predicted octanol–water partition coefficient (Wildman–Crippen LogP) is 2.73. The molecular formula is C21H25N3O2. The Labute approximate surface area is 154 Å². The van der Waals surface area contributed by atoms with E-state index < -0.39 is 0 Å². The molecule has 2 fully saturated rings. The van der Waals surface area contributed by atoms with Crippen LogP contribution in [-0.4, -0.2) is 41.5 Å². The van der Waals surface area contributed by atoms with Crippen LogP contribution in [0.5, 0.6) is 5.75 Å². The quantitative estimate of drug-likeness (QED) is 0.920. The molecular weight excluding hydrogens is 326 g/mol. The van der Waals surface area contributed by atoms with Gasteiger partial charge < -0.3 is 10.1 Å². The molecule has 2 saturated heterocycles. The first kappa shape index (κ1) is 17.0. The van der Waals surface area contributed by atoms with E-state index in [0.717, 1.165) is 50.2 Å². The third kappa shape index (κ3) is 3.44. The summed E-state index contributed by atoms with van der Waals surface area (Å²) in [5.74, 6) is 1.02. The Hall–Kier alpha value is -2.40. The van der Waals surface area contributed by atoms with Crippen LogP contribution in [0.3, 0.4) is 0 Å². The minimum atomic E-state index is -0.0402. The van der Waals surface area contributed by atoms with Crippen molar-refractivity contribution in [3.63, 3.8) is 0 Å². The first-order valence-corrected chi connectivity index (χ1v) is 9.25. The molecule has 1 unspecified atom stereocenters. The van der Waals surface area contributed by atoms with Crippen molar-refractivity contribution in [2.45, 2.75) is 37.3 Å². The number of aromatic nitrogens is 1. The third-order valence-corrected chi connectivity index (χ3v) is 5.79. The first-order chi connectivity index (χ1) is 12.7. The number of carbonyl (C=O) groups excluding carboxylic acids is 1. The van der Waals surface area contributed by atoms with Crippen LogP contribution < -0.4 is 10.1 Å². The number of carbonyl (C=O) groups is 1.